The first-order chi connectivity index (χ1) is 12.8. The normalized spacial score (nSPS) is 21.7. The Hall–Kier alpha value is -1.20. The molecule has 1 aromatic carbocycles. The lowest BCUT2D eigenvalue weighted by Gasteiger charge is -2.15. The number of rotatable bonds is 7. The lowest BCUT2D eigenvalue weighted by Crippen LogP contribution is -2.20. The molecule has 140 valence electrons. The molecule has 2 aromatic rings. The number of hydrogen-bond donors (Lipinski definition) is 1. The molecule has 3 nitrogen and oxygen atoms in total. The van der Waals surface area contributed by atoms with Gasteiger partial charge in [0.25, 0.3) is 0 Å². The summed E-state index contributed by atoms with van der Waals surface area (Å²) in [5.74, 6) is 0.763. The predicted octanol–water partition coefficient (Wildman–Crippen LogP) is 3.90. The zero-order chi connectivity index (χ0) is 17.8. The average molecular weight is 371 g/mol. The van der Waals surface area contributed by atoms with Crippen molar-refractivity contribution >= 4 is 11.3 Å². The van der Waals surface area contributed by atoms with Crippen molar-refractivity contribution in [2.75, 3.05) is 26.2 Å². The summed E-state index contributed by atoms with van der Waals surface area (Å²) in [4.78, 5) is 6.73. The summed E-state index contributed by atoms with van der Waals surface area (Å²) in [5, 5.41) is 11.5. The van der Waals surface area contributed by atoms with Gasteiger partial charge in [0.1, 0.15) is 0 Å². The number of thiophene rings is 1. The Morgan fingerprint density at radius 1 is 0.923 bits per heavy atom. The van der Waals surface area contributed by atoms with Gasteiger partial charge >= 0.3 is 0 Å². The zero-order valence-electron chi connectivity index (χ0n) is 15.6. The van der Waals surface area contributed by atoms with Crippen LogP contribution in [0, 0.1) is 5.92 Å². The molecule has 4 heteroatoms. The second-order valence-corrected chi connectivity index (χ2v) is 8.97. The molecule has 0 saturated carbocycles. The number of hydrogen-bond acceptors (Lipinski definition) is 4. The minimum Gasteiger partial charge on any atom is -0.392 e. The minimum absolute atomic E-state index is 0.137. The highest BCUT2D eigenvalue weighted by Crippen LogP contribution is 2.25. The van der Waals surface area contributed by atoms with E-state index in [1.807, 2.05) is 11.3 Å². The molecule has 0 spiro atoms. The molecule has 2 fully saturated rings. The monoisotopic (exact) mass is 370 g/mol. The standard InChI is InChI=1S/C22H30N2OS/c25-16-19-5-3-18(4-6-19)11-20-7-10-24(13-20)15-22-12-21(17-26-22)14-23-8-1-2-9-23/h3-6,12,17,20,25H,1-2,7-11,13-16H2/t20-/m1/s1. The summed E-state index contributed by atoms with van der Waals surface area (Å²) in [6.45, 7) is 7.38. The maximum absolute atomic E-state index is 9.16. The Balaban J connectivity index is 1.25. The van der Waals surface area contributed by atoms with Crippen molar-refractivity contribution in [2.45, 2.75) is 45.4 Å². The topological polar surface area (TPSA) is 26.7 Å². The summed E-state index contributed by atoms with van der Waals surface area (Å²) in [6, 6.07) is 10.9. The number of benzene rings is 1. The quantitative estimate of drug-likeness (QED) is 0.801. The Labute approximate surface area is 161 Å². The van der Waals surface area contributed by atoms with Crippen molar-refractivity contribution < 1.29 is 5.11 Å². The molecule has 3 heterocycles. The van der Waals surface area contributed by atoms with E-state index in [1.54, 1.807) is 0 Å². The molecule has 2 aliphatic rings. The van der Waals surface area contributed by atoms with E-state index in [1.165, 1.54) is 61.4 Å². The summed E-state index contributed by atoms with van der Waals surface area (Å²) in [6.07, 6.45) is 5.20. The highest BCUT2D eigenvalue weighted by molar-refractivity contribution is 7.10. The van der Waals surface area contributed by atoms with Gasteiger partial charge in [-0.25, -0.2) is 0 Å². The molecule has 2 saturated heterocycles. The summed E-state index contributed by atoms with van der Waals surface area (Å²) >= 11 is 1.94. The van der Waals surface area contributed by atoms with Gasteiger partial charge < -0.3 is 5.11 Å². The van der Waals surface area contributed by atoms with Crippen LogP contribution in [-0.2, 0) is 26.1 Å². The molecule has 0 aliphatic carbocycles. The molecule has 26 heavy (non-hydrogen) atoms. The van der Waals surface area contributed by atoms with Crippen molar-refractivity contribution in [1.29, 1.82) is 0 Å². The van der Waals surface area contributed by atoms with Gasteiger partial charge in [0.15, 0.2) is 0 Å². The lowest BCUT2D eigenvalue weighted by atomic mass is 9.98. The fraction of sp³-hybridized carbons (Fsp3) is 0.545. The smallest absolute Gasteiger partial charge is 0.0681 e. The molecule has 1 atom stereocenters. The van der Waals surface area contributed by atoms with Crippen molar-refractivity contribution in [3.63, 3.8) is 0 Å². The molecule has 0 amide bonds. The van der Waals surface area contributed by atoms with Gasteiger partial charge in [-0.05, 0) is 79.4 Å². The predicted molar refractivity (Wildman–Crippen MR) is 108 cm³/mol. The molecule has 0 unspecified atom stereocenters. The van der Waals surface area contributed by atoms with Crippen molar-refractivity contribution in [3.8, 4) is 0 Å². The zero-order valence-corrected chi connectivity index (χ0v) is 16.4. The highest BCUT2D eigenvalue weighted by Gasteiger charge is 2.23. The van der Waals surface area contributed by atoms with E-state index in [2.05, 4.69) is 45.5 Å². The van der Waals surface area contributed by atoms with Gasteiger partial charge in [-0.15, -0.1) is 11.3 Å². The van der Waals surface area contributed by atoms with Gasteiger partial charge in [0.05, 0.1) is 6.61 Å². The fourth-order valence-corrected chi connectivity index (χ4v) is 5.27. The number of nitrogens with zero attached hydrogens (tertiary/aromatic N) is 2. The third-order valence-electron chi connectivity index (χ3n) is 5.79. The van der Waals surface area contributed by atoms with Crippen LogP contribution >= 0.6 is 11.3 Å². The lowest BCUT2D eigenvalue weighted by molar-refractivity contribution is 0.282. The van der Waals surface area contributed by atoms with Crippen molar-refractivity contribution in [1.82, 2.24) is 9.80 Å². The van der Waals surface area contributed by atoms with Crippen LogP contribution in [-0.4, -0.2) is 41.1 Å². The molecule has 0 bridgehead atoms. The third kappa shape index (κ3) is 4.74. The first kappa shape index (κ1) is 18.2. The maximum Gasteiger partial charge on any atom is 0.0681 e. The van der Waals surface area contributed by atoms with Crippen molar-refractivity contribution in [2.24, 2.45) is 5.92 Å². The third-order valence-corrected chi connectivity index (χ3v) is 6.76. The summed E-state index contributed by atoms with van der Waals surface area (Å²) in [5.41, 5.74) is 3.91. The Morgan fingerprint density at radius 2 is 1.69 bits per heavy atom. The number of aliphatic hydroxyl groups excluding tert-OH is 1. The number of likely N-dealkylation sites (tertiary alicyclic amines) is 2. The molecule has 4 rings (SSSR count). The minimum atomic E-state index is 0.137. The molecular formula is C22H30N2OS. The summed E-state index contributed by atoms with van der Waals surface area (Å²) in [7, 11) is 0. The molecular weight excluding hydrogens is 340 g/mol. The second-order valence-electron chi connectivity index (χ2n) is 7.97. The first-order valence-electron chi connectivity index (χ1n) is 9.98. The van der Waals surface area contributed by atoms with Crippen LogP contribution in [0.25, 0.3) is 0 Å². The van der Waals surface area contributed by atoms with Crippen LogP contribution in [0.5, 0.6) is 0 Å². The first-order valence-corrected chi connectivity index (χ1v) is 10.9. The van der Waals surface area contributed by atoms with Crippen LogP contribution in [0.4, 0.5) is 0 Å². The Bertz CT molecular complexity index is 690. The van der Waals surface area contributed by atoms with Gasteiger partial charge in [-0.3, -0.25) is 9.80 Å². The van der Waals surface area contributed by atoms with Gasteiger partial charge in [0.2, 0.25) is 0 Å². The van der Waals surface area contributed by atoms with Crippen LogP contribution in [0.1, 0.15) is 40.8 Å². The van der Waals surface area contributed by atoms with Gasteiger partial charge in [-0.2, -0.15) is 0 Å². The average Bonchev–Trinajstić information content (AvgIpc) is 3.40. The fourth-order valence-electron chi connectivity index (χ4n) is 4.35. The van der Waals surface area contributed by atoms with Gasteiger partial charge in [0, 0.05) is 24.5 Å². The van der Waals surface area contributed by atoms with E-state index >= 15 is 0 Å². The molecule has 1 N–H and O–H groups in total. The molecule has 1 aromatic heterocycles. The Kier molecular flexibility index (Phi) is 6.05. The van der Waals surface area contributed by atoms with E-state index in [0.717, 1.165) is 31.0 Å². The van der Waals surface area contributed by atoms with Crippen LogP contribution < -0.4 is 0 Å². The van der Waals surface area contributed by atoms with Crippen LogP contribution in [0.15, 0.2) is 35.7 Å². The summed E-state index contributed by atoms with van der Waals surface area (Å²) < 4.78 is 0. The van der Waals surface area contributed by atoms with Gasteiger partial charge in [-0.1, -0.05) is 24.3 Å². The van der Waals surface area contributed by atoms with E-state index < -0.39 is 0 Å². The van der Waals surface area contributed by atoms with E-state index in [-0.39, 0.29) is 6.61 Å². The van der Waals surface area contributed by atoms with E-state index in [4.69, 9.17) is 5.11 Å². The molecule has 0 radical (unpaired) electrons. The highest BCUT2D eigenvalue weighted by atomic mass is 32.1. The van der Waals surface area contributed by atoms with Crippen LogP contribution in [0.2, 0.25) is 0 Å². The van der Waals surface area contributed by atoms with Crippen LogP contribution in [0.3, 0.4) is 0 Å². The maximum atomic E-state index is 9.16. The Morgan fingerprint density at radius 3 is 2.46 bits per heavy atom. The second kappa shape index (κ2) is 8.66. The van der Waals surface area contributed by atoms with Crippen molar-refractivity contribution in [3.05, 3.63) is 57.3 Å². The van der Waals surface area contributed by atoms with E-state index in [0.29, 0.717) is 0 Å². The number of aliphatic hydroxyl groups is 1. The molecule has 2 aliphatic heterocycles. The van der Waals surface area contributed by atoms with E-state index in [9.17, 15) is 0 Å². The SMILES string of the molecule is OCc1ccc(C[C@H]2CCN(Cc3cc(CN4CCCC4)cs3)C2)cc1. The largest absolute Gasteiger partial charge is 0.392 e.